The van der Waals surface area contributed by atoms with E-state index in [2.05, 4.69) is 16.9 Å². The molecule has 1 amide bonds. The van der Waals surface area contributed by atoms with E-state index in [-0.39, 0.29) is 5.91 Å². The van der Waals surface area contributed by atoms with E-state index in [4.69, 9.17) is 20.8 Å². The second-order valence-corrected chi connectivity index (χ2v) is 6.40. The van der Waals surface area contributed by atoms with Crippen LogP contribution in [-0.2, 0) is 4.79 Å². The second-order valence-electron chi connectivity index (χ2n) is 5.97. The van der Waals surface area contributed by atoms with Crippen LogP contribution in [0, 0.1) is 0 Å². The smallest absolute Gasteiger partial charge is 0.247 e. The average Bonchev–Trinajstić information content (AvgIpc) is 3.14. The average molecular weight is 391 g/mol. The molecule has 2 heterocycles. The lowest BCUT2D eigenvalue weighted by Crippen LogP contribution is -2.06. The van der Waals surface area contributed by atoms with Gasteiger partial charge in [0.2, 0.25) is 5.91 Å². The fraction of sp³-hybridized carbons (Fsp3) is 0. The molecule has 0 radical (unpaired) electrons. The van der Waals surface area contributed by atoms with Gasteiger partial charge in [0.05, 0.1) is 0 Å². The number of ether oxygens (including phenoxy) is 1. The Morgan fingerprint density at radius 2 is 2.00 bits per heavy atom. The molecule has 4 rings (SSSR count). The summed E-state index contributed by atoms with van der Waals surface area (Å²) in [4.78, 5) is 15.9. The van der Waals surface area contributed by atoms with Crippen LogP contribution in [0.4, 0.5) is 5.69 Å². The van der Waals surface area contributed by atoms with Crippen molar-refractivity contribution in [2.75, 3.05) is 5.32 Å². The largest absolute Gasteiger partial charge is 0.453 e. The number of amides is 1. The van der Waals surface area contributed by atoms with Crippen molar-refractivity contribution < 1.29 is 13.9 Å². The van der Waals surface area contributed by atoms with Crippen molar-refractivity contribution in [3.63, 3.8) is 0 Å². The third-order valence-electron chi connectivity index (χ3n) is 4.00. The molecule has 0 saturated carbocycles. The number of carbonyl (C=O) groups excluding carboxylic acids is 1. The van der Waals surface area contributed by atoms with Crippen LogP contribution in [-0.4, -0.2) is 10.9 Å². The summed E-state index contributed by atoms with van der Waals surface area (Å²) in [6.45, 7) is 3.45. The van der Waals surface area contributed by atoms with Crippen LogP contribution in [0.1, 0.15) is 0 Å². The molecule has 138 valence electrons. The van der Waals surface area contributed by atoms with Crippen molar-refractivity contribution in [3.05, 3.63) is 84.5 Å². The number of nitrogens with zero attached hydrogens (tertiary/aromatic N) is 1. The first-order chi connectivity index (χ1) is 13.6. The quantitative estimate of drug-likeness (QED) is 0.420. The van der Waals surface area contributed by atoms with Crippen molar-refractivity contribution in [1.29, 1.82) is 0 Å². The molecule has 0 aliphatic heterocycles. The Balaban J connectivity index is 1.70. The first-order valence-electron chi connectivity index (χ1n) is 8.48. The highest BCUT2D eigenvalue weighted by Gasteiger charge is 2.13. The van der Waals surface area contributed by atoms with E-state index in [0.717, 1.165) is 5.56 Å². The van der Waals surface area contributed by atoms with Crippen LogP contribution in [0.25, 0.3) is 22.4 Å². The van der Waals surface area contributed by atoms with Crippen molar-refractivity contribution in [3.8, 4) is 22.8 Å². The fourth-order valence-corrected chi connectivity index (χ4v) is 2.92. The number of hydrogen-bond donors (Lipinski definition) is 1. The summed E-state index contributed by atoms with van der Waals surface area (Å²) < 4.78 is 11.9. The number of rotatable bonds is 5. The highest BCUT2D eigenvalue weighted by molar-refractivity contribution is 6.30. The molecule has 5 nitrogen and oxygen atoms in total. The topological polar surface area (TPSA) is 64.4 Å². The predicted molar refractivity (Wildman–Crippen MR) is 110 cm³/mol. The van der Waals surface area contributed by atoms with Crippen LogP contribution in [0.2, 0.25) is 5.02 Å². The summed E-state index contributed by atoms with van der Waals surface area (Å²) >= 11 is 6.02. The van der Waals surface area contributed by atoms with Crippen molar-refractivity contribution in [2.45, 2.75) is 0 Å². The molecule has 0 spiro atoms. The van der Waals surface area contributed by atoms with E-state index >= 15 is 0 Å². The maximum absolute atomic E-state index is 11.5. The molecule has 1 N–H and O–H groups in total. The van der Waals surface area contributed by atoms with Gasteiger partial charge < -0.3 is 14.5 Å². The SMILES string of the molecule is C=CC(=O)Nc1cccc(-c2cc3nccc(Oc4cccc(Cl)c4)c3o2)c1. The fourth-order valence-electron chi connectivity index (χ4n) is 2.74. The van der Waals surface area contributed by atoms with Gasteiger partial charge in [0.15, 0.2) is 11.3 Å². The van der Waals surface area contributed by atoms with Gasteiger partial charge in [-0.2, -0.15) is 0 Å². The molecule has 2 aromatic carbocycles. The molecular weight excluding hydrogens is 376 g/mol. The molecule has 0 aliphatic rings. The van der Waals surface area contributed by atoms with E-state index < -0.39 is 0 Å². The molecule has 0 bridgehead atoms. The van der Waals surface area contributed by atoms with Gasteiger partial charge in [-0.3, -0.25) is 9.78 Å². The van der Waals surface area contributed by atoms with Gasteiger partial charge in [0.25, 0.3) is 0 Å². The summed E-state index contributed by atoms with van der Waals surface area (Å²) in [6, 6.07) is 18.0. The number of anilines is 1. The molecule has 0 aliphatic carbocycles. The maximum atomic E-state index is 11.5. The zero-order valence-corrected chi connectivity index (χ0v) is 15.4. The summed E-state index contributed by atoms with van der Waals surface area (Å²) in [5, 5.41) is 3.32. The van der Waals surface area contributed by atoms with Gasteiger partial charge in [-0.25, -0.2) is 0 Å². The minimum atomic E-state index is -0.277. The third kappa shape index (κ3) is 3.75. The molecule has 0 unspecified atom stereocenters. The number of aromatic nitrogens is 1. The Labute approximate surface area is 166 Å². The molecule has 4 aromatic rings. The zero-order chi connectivity index (χ0) is 19.5. The monoisotopic (exact) mass is 390 g/mol. The highest BCUT2D eigenvalue weighted by Crippen LogP contribution is 2.35. The van der Waals surface area contributed by atoms with Crippen LogP contribution in [0.5, 0.6) is 11.5 Å². The number of pyridine rings is 1. The third-order valence-corrected chi connectivity index (χ3v) is 4.23. The second kappa shape index (κ2) is 7.58. The van der Waals surface area contributed by atoms with Crippen molar-refractivity contribution in [2.24, 2.45) is 0 Å². The number of furan rings is 1. The summed E-state index contributed by atoms with van der Waals surface area (Å²) in [6.07, 6.45) is 2.87. The molecule has 0 saturated heterocycles. The molecule has 2 aromatic heterocycles. The zero-order valence-electron chi connectivity index (χ0n) is 14.7. The van der Waals surface area contributed by atoms with Crippen LogP contribution < -0.4 is 10.1 Å². The summed E-state index contributed by atoms with van der Waals surface area (Å²) in [5.74, 6) is 1.47. The van der Waals surface area contributed by atoms with Crippen molar-refractivity contribution >= 4 is 34.3 Å². The van der Waals surface area contributed by atoms with Gasteiger partial charge in [-0.15, -0.1) is 0 Å². The summed E-state index contributed by atoms with van der Waals surface area (Å²) in [5.41, 5.74) is 2.63. The number of carbonyl (C=O) groups is 1. The normalized spacial score (nSPS) is 10.6. The van der Waals surface area contributed by atoms with E-state index in [0.29, 0.717) is 39.1 Å². The lowest BCUT2D eigenvalue weighted by Gasteiger charge is -2.06. The Bertz CT molecular complexity index is 1180. The van der Waals surface area contributed by atoms with Crippen LogP contribution >= 0.6 is 11.6 Å². The number of halogens is 1. The van der Waals surface area contributed by atoms with Gasteiger partial charge in [-0.1, -0.05) is 36.4 Å². The van der Waals surface area contributed by atoms with Crippen LogP contribution in [0.15, 0.2) is 83.9 Å². The minimum absolute atomic E-state index is 0.277. The van der Waals surface area contributed by atoms with Gasteiger partial charge in [0.1, 0.15) is 17.0 Å². The Morgan fingerprint density at radius 3 is 2.82 bits per heavy atom. The first-order valence-corrected chi connectivity index (χ1v) is 8.86. The van der Waals surface area contributed by atoms with E-state index in [1.807, 2.05) is 36.4 Å². The number of nitrogens with one attached hydrogen (secondary N) is 1. The number of hydrogen-bond acceptors (Lipinski definition) is 4. The molecule has 28 heavy (non-hydrogen) atoms. The van der Waals surface area contributed by atoms with E-state index in [1.165, 1.54) is 6.08 Å². The Hall–Kier alpha value is -3.57. The number of fused-ring (bicyclic) bond motifs is 1. The lowest BCUT2D eigenvalue weighted by molar-refractivity contribution is -0.111. The molecule has 0 fully saturated rings. The van der Waals surface area contributed by atoms with E-state index in [9.17, 15) is 4.79 Å². The summed E-state index contributed by atoms with van der Waals surface area (Å²) in [7, 11) is 0. The lowest BCUT2D eigenvalue weighted by atomic mass is 10.1. The molecule has 0 atom stereocenters. The molecule has 6 heteroatoms. The van der Waals surface area contributed by atoms with Gasteiger partial charge in [0, 0.05) is 34.6 Å². The highest BCUT2D eigenvalue weighted by atomic mass is 35.5. The minimum Gasteiger partial charge on any atom is -0.453 e. The first kappa shape index (κ1) is 17.8. The predicted octanol–water partition coefficient (Wildman–Crippen LogP) is 6.07. The number of benzene rings is 2. The maximum Gasteiger partial charge on any atom is 0.247 e. The van der Waals surface area contributed by atoms with Gasteiger partial charge >= 0.3 is 0 Å². The van der Waals surface area contributed by atoms with E-state index in [1.54, 1.807) is 30.5 Å². The standard InChI is InChI=1S/C22H15ClN2O3/c1-2-21(26)25-16-7-3-5-14(11-16)20-13-18-22(28-20)19(9-10-24-18)27-17-8-4-6-15(23)12-17/h2-13H,1H2,(H,25,26). The van der Waals surface area contributed by atoms with Crippen molar-refractivity contribution in [1.82, 2.24) is 4.98 Å². The Morgan fingerprint density at radius 1 is 1.14 bits per heavy atom. The molecular formula is C22H15ClN2O3. The Kier molecular flexibility index (Phi) is 4.83. The van der Waals surface area contributed by atoms with Gasteiger partial charge in [-0.05, 0) is 36.4 Å². The van der Waals surface area contributed by atoms with Crippen LogP contribution in [0.3, 0.4) is 0 Å².